The Balaban J connectivity index is 1.68. The highest BCUT2D eigenvalue weighted by atomic mass is 16.2. The molecular formula is C28H36N6O2. The van der Waals surface area contributed by atoms with Gasteiger partial charge in [-0.05, 0) is 77.9 Å². The fourth-order valence-electron chi connectivity index (χ4n) is 4.90. The summed E-state index contributed by atoms with van der Waals surface area (Å²) in [6.45, 7) is 7.84. The molecule has 0 bridgehead atoms. The monoisotopic (exact) mass is 488 g/mol. The van der Waals surface area contributed by atoms with Crippen molar-refractivity contribution in [2.24, 2.45) is 0 Å². The number of anilines is 1. The number of amides is 2. The van der Waals surface area contributed by atoms with Crippen molar-refractivity contribution < 1.29 is 9.59 Å². The van der Waals surface area contributed by atoms with Gasteiger partial charge in [0, 0.05) is 42.7 Å². The molecule has 1 atom stereocenters. The number of hydrogen-bond donors (Lipinski definition) is 1. The minimum absolute atomic E-state index is 0.000936. The predicted octanol–water partition coefficient (Wildman–Crippen LogP) is 4.28. The van der Waals surface area contributed by atoms with Crippen molar-refractivity contribution >= 4 is 28.8 Å². The van der Waals surface area contributed by atoms with Gasteiger partial charge in [0.25, 0.3) is 5.91 Å². The van der Waals surface area contributed by atoms with Crippen LogP contribution < -0.4 is 5.32 Å². The van der Waals surface area contributed by atoms with Gasteiger partial charge in [-0.2, -0.15) is 0 Å². The molecule has 0 aliphatic carbocycles. The molecule has 4 rings (SSSR count). The molecule has 1 aromatic carbocycles. The molecule has 0 spiro atoms. The van der Waals surface area contributed by atoms with Gasteiger partial charge < -0.3 is 14.4 Å². The van der Waals surface area contributed by atoms with Crippen LogP contribution in [0.5, 0.6) is 0 Å². The summed E-state index contributed by atoms with van der Waals surface area (Å²) in [5.41, 5.74) is 5.07. The van der Waals surface area contributed by atoms with E-state index in [0.29, 0.717) is 18.1 Å². The number of likely N-dealkylation sites (tertiary alicyclic amines) is 1. The molecule has 2 aromatic heterocycles. The van der Waals surface area contributed by atoms with Gasteiger partial charge >= 0.3 is 0 Å². The van der Waals surface area contributed by atoms with Crippen molar-refractivity contribution in [1.29, 1.82) is 0 Å². The zero-order chi connectivity index (χ0) is 25.8. The number of nitrogens with zero attached hydrogens (tertiary/aromatic N) is 5. The third-order valence-electron chi connectivity index (χ3n) is 6.54. The molecule has 0 unspecified atom stereocenters. The summed E-state index contributed by atoms with van der Waals surface area (Å²) < 4.78 is 2.14. The summed E-state index contributed by atoms with van der Waals surface area (Å²) in [5.74, 6) is 0.322. The maximum absolute atomic E-state index is 13.3. The van der Waals surface area contributed by atoms with Crippen LogP contribution in [0, 0.1) is 20.8 Å². The number of carbonyl (C=O) groups excluding carboxylic acids is 2. The number of hydrogen-bond acceptors (Lipinski definition) is 5. The van der Waals surface area contributed by atoms with Gasteiger partial charge in [-0.3, -0.25) is 19.9 Å². The summed E-state index contributed by atoms with van der Waals surface area (Å²) in [4.78, 5) is 39.4. The van der Waals surface area contributed by atoms with E-state index in [-0.39, 0.29) is 17.9 Å². The van der Waals surface area contributed by atoms with E-state index in [1.807, 2.05) is 56.0 Å². The Morgan fingerprint density at radius 3 is 2.58 bits per heavy atom. The van der Waals surface area contributed by atoms with Crippen molar-refractivity contribution in [3.05, 3.63) is 65.0 Å². The Morgan fingerprint density at radius 2 is 1.86 bits per heavy atom. The lowest BCUT2D eigenvalue weighted by Crippen LogP contribution is -2.35. The van der Waals surface area contributed by atoms with Gasteiger partial charge in [0.2, 0.25) is 11.9 Å². The second-order valence-corrected chi connectivity index (χ2v) is 9.94. The molecule has 8 nitrogen and oxygen atoms in total. The van der Waals surface area contributed by atoms with Crippen molar-refractivity contribution in [1.82, 2.24) is 24.3 Å². The molecule has 1 aliphatic heterocycles. The Bertz CT molecular complexity index is 1270. The highest BCUT2D eigenvalue weighted by molar-refractivity contribution is 6.04. The van der Waals surface area contributed by atoms with E-state index in [0.717, 1.165) is 60.3 Å². The summed E-state index contributed by atoms with van der Waals surface area (Å²) >= 11 is 0. The minimum atomic E-state index is -0.217. The average molecular weight is 489 g/mol. The van der Waals surface area contributed by atoms with Crippen LogP contribution in [0.4, 0.5) is 5.95 Å². The van der Waals surface area contributed by atoms with Crippen LogP contribution >= 0.6 is 0 Å². The van der Waals surface area contributed by atoms with Crippen LogP contribution in [0.1, 0.15) is 52.6 Å². The van der Waals surface area contributed by atoms with E-state index in [2.05, 4.69) is 27.9 Å². The second-order valence-electron chi connectivity index (χ2n) is 9.94. The number of para-hydroxylation sites is 1. The summed E-state index contributed by atoms with van der Waals surface area (Å²) in [5, 5.41) is 3.07. The Morgan fingerprint density at radius 1 is 1.11 bits per heavy atom. The molecule has 3 heterocycles. The lowest BCUT2D eigenvalue weighted by atomic mass is 10.1. The first kappa shape index (κ1) is 25.6. The molecule has 0 saturated carbocycles. The highest BCUT2D eigenvalue weighted by Crippen LogP contribution is 2.32. The predicted molar refractivity (Wildman–Crippen MR) is 143 cm³/mol. The molecule has 36 heavy (non-hydrogen) atoms. The fourth-order valence-corrected chi connectivity index (χ4v) is 4.90. The summed E-state index contributed by atoms with van der Waals surface area (Å²) in [6, 6.07) is 9.58. The first-order valence-corrected chi connectivity index (χ1v) is 12.6. The average Bonchev–Trinajstić information content (AvgIpc) is 3.00. The quantitative estimate of drug-likeness (QED) is 0.524. The zero-order valence-electron chi connectivity index (χ0n) is 21.9. The van der Waals surface area contributed by atoms with Crippen LogP contribution in [0.3, 0.4) is 0 Å². The van der Waals surface area contributed by atoms with Gasteiger partial charge in [-0.15, -0.1) is 0 Å². The van der Waals surface area contributed by atoms with Crippen molar-refractivity contribution in [3.63, 3.8) is 0 Å². The Hall–Kier alpha value is -3.52. The SMILES string of the molecule is Cc1cc(C(=O)Nc2nc3cccc(C)c3n2[C@@H]2CCCCN(C(=O)/C=C/CN(C)C)C2)cc(C)n1. The van der Waals surface area contributed by atoms with Crippen molar-refractivity contribution in [2.75, 3.05) is 39.0 Å². The number of carbonyl (C=O) groups is 2. The number of pyridine rings is 1. The molecule has 1 N–H and O–H groups in total. The summed E-state index contributed by atoms with van der Waals surface area (Å²) in [7, 11) is 3.96. The van der Waals surface area contributed by atoms with Crippen molar-refractivity contribution in [3.8, 4) is 0 Å². The van der Waals surface area contributed by atoms with Gasteiger partial charge in [-0.25, -0.2) is 4.98 Å². The number of nitrogens with one attached hydrogen (secondary N) is 1. The largest absolute Gasteiger partial charge is 0.337 e. The number of rotatable bonds is 6. The molecule has 2 amide bonds. The van der Waals surface area contributed by atoms with E-state index in [1.54, 1.807) is 18.2 Å². The maximum atomic E-state index is 13.3. The van der Waals surface area contributed by atoms with Crippen LogP contribution in [0.25, 0.3) is 11.0 Å². The van der Waals surface area contributed by atoms with E-state index in [4.69, 9.17) is 4.98 Å². The molecule has 3 aromatic rings. The fraction of sp³-hybridized carbons (Fsp3) is 0.429. The summed E-state index contributed by atoms with van der Waals surface area (Å²) in [6.07, 6.45) is 6.44. The first-order chi connectivity index (χ1) is 17.2. The van der Waals surface area contributed by atoms with Crippen molar-refractivity contribution in [2.45, 2.75) is 46.1 Å². The highest BCUT2D eigenvalue weighted by Gasteiger charge is 2.27. The first-order valence-electron chi connectivity index (χ1n) is 12.6. The van der Waals surface area contributed by atoms with Crippen LogP contribution in [0.2, 0.25) is 0 Å². The molecular weight excluding hydrogens is 452 g/mol. The van der Waals surface area contributed by atoms with E-state index in [1.165, 1.54) is 0 Å². The maximum Gasteiger partial charge on any atom is 0.258 e. The molecule has 190 valence electrons. The van der Waals surface area contributed by atoms with Gasteiger partial charge in [-0.1, -0.05) is 18.2 Å². The number of fused-ring (bicyclic) bond motifs is 1. The third-order valence-corrected chi connectivity index (χ3v) is 6.54. The number of likely N-dealkylation sites (N-methyl/N-ethyl adjacent to an activating group) is 1. The third kappa shape index (κ3) is 5.82. The minimum Gasteiger partial charge on any atom is -0.337 e. The molecule has 1 saturated heterocycles. The van der Waals surface area contributed by atoms with Crippen LogP contribution in [0.15, 0.2) is 42.5 Å². The lowest BCUT2D eigenvalue weighted by molar-refractivity contribution is -0.126. The van der Waals surface area contributed by atoms with Gasteiger partial charge in [0.1, 0.15) is 0 Å². The number of benzene rings is 1. The number of aromatic nitrogens is 3. The lowest BCUT2D eigenvalue weighted by Gasteiger charge is -2.26. The Labute approximate surface area is 213 Å². The standard InChI is InChI=1S/C28H36N6O2/c1-19-10-8-12-24-26(19)34(28(30-24)31-27(36)22-16-20(2)29-21(3)17-22)23-11-6-7-15-33(18-23)25(35)13-9-14-32(4)5/h8-10,12-13,16-17,23H,6-7,11,14-15,18H2,1-5H3,(H,30,31,36)/b13-9+/t23-/m1/s1. The van der Waals surface area contributed by atoms with E-state index >= 15 is 0 Å². The molecule has 0 radical (unpaired) electrons. The van der Waals surface area contributed by atoms with E-state index < -0.39 is 0 Å². The normalized spacial score (nSPS) is 16.6. The van der Waals surface area contributed by atoms with Crippen LogP contribution in [-0.4, -0.2) is 69.9 Å². The molecule has 8 heteroatoms. The van der Waals surface area contributed by atoms with E-state index in [9.17, 15) is 9.59 Å². The number of imidazole rings is 1. The molecule has 1 fully saturated rings. The topological polar surface area (TPSA) is 83.4 Å². The number of aryl methyl sites for hydroxylation is 3. The second kappa shape index (κ2) is 11.0. The zero-order valence-corrected chi connectivity index (χ0v) is 21.9. The van der Waals surface area contributed by atoms with Crippen LogP contribution in [-0.2, 0) is 4.79 Å². The molecule has 1 aliphatic rings. The van der Waals surface area contributed by atoms with Gasteiger partial charge in [0.05, 0.1) is 17.1 Å². The smallest absolute Gasteiger partial charge is 0.258 e. The Kier molecular flexibility index (Phi) is 7.84. The van der Waals surface area contributed by atoms with Gasteiger partial charge in [0.15, 0.2) is 0 Å².